The topological polar surface area (TPSA) is 99.1 Å². The molecule has 8 heteroatoms. The molecule has 0 aromatic carbocycles. The van der Waals surface area contributed by atoms with E-state index in [9.17, 15) is 19.5 Å². The minimum Gasteiger partial charge on any atom is -0.477 e. The van der Waals surface area contributed by atoms with Gasteiger partial charge in [-0.1, -0.05) is 209 Å². The minimum absolute atomic E-state index is 0.0531. The number of quaternary nitrogens is 1. The summed E-state index contributed by atoms with van der Waals surface area (Å²) in [5.41, 5.74) is 0. The summed E-state index contributed by atoms with van der Waals surface area (Å²) in [5, 5.41) is 9.67. The second-order valence-corrected chi connectivity index (χ2v) is 19.5. The number of likely N-dealkylation sites (N-methyl/N-ethyl adjacent to an activating group) is 1. The molecule has 0 aliphatic rings. The van der Waals surface area contributed by atoms with E-state index in [2.05, 4.69) is 74.6 Å². The normalized spacial score (nSPS) is 13.3. The predicted octanol–water partition coefficient (Wildman–Crippen LogP) is 16.1. The van der Waals surface area contributed by atoms with Crippen LogP contribution < -0.4 is 0 Å². The molecule has 0 radical (unpaired) electrons. The van der Waals surface area contributed by atoms with Gasteiger partial charge in [-0.2, -0.15) is 0 Å². The average molecular weight is 927 g/mol. The molecule has 66 heavy (non-hydrogen) atoms. The summed E-state index contributed by atoms with van der Waals surface area (Å²) in [5.74, 6) is -1.46. The van der Waals surface area contributed by atoms with E-state index < -0.39 is 18.1 Å². The second kappa shape index (κ2) is 48.5. The average Bonchev–Trinajstić information content (AvgIpc) is 3.28. The molecular formula is C58H104NO7+. The van der Waals surface area contributed by atoms with Crippen LogP contribution in [-0.2, 0) is 28.6 Å². The summed E-state index contributed by atoms with van der Waals surface area (Å²) in [6, 6.07) is -0.617. The van der Waals surface area contributed by atoms with E-state index in [1.165, 1.54) is 148 Å². The van der Waals surface area contributed by atoms with Crippen molar-refractivity contribution in [2.45, 2.75) is 251 Å². The fourth-order valence-corrected chi connectivity index (χ4v) is 7.98. The van der Waals surface area contributed by atoms with Crippen molar-refractivity contribution in [1.82, 2.24) is 0 Å². The van der Waals surface area contributed by atoms with Gasteiger partial charge in [0.15, 0.2) is 12.1 Å². The van der Waals surface area contributed by atoms with Crippen molar-refractivity contribution in [2.24, 2.45) is 0 Å². The standard InChI is InChI=1S/C58H103NO7/c1-6-8-10-12-14-16-18-20-22-24-26-27-28-29-31-33-35-37-39-41-43-45-47-49-57(61)66-54(52-64-51-50-55(58(62)63)59(3,4)5)53-65-56(60)48-46-44-42-40-38-36-34-32-30-25-23-21-19-17-15-13-11-9-7-2/h8,10,14-17,19-22,54-55H,6-7,9,11-13,18,23-53H2,1-5H3/p+1/b10-8+,16-14+,17-15+,21-19+,22-20+. The molecule has 8 nitrogen and oxygen atoms in total. The van der Waals surface area contributed by atoms with E-state index in [1.807, 2.05) is 21.1 Å². The lowest BCUT2D eigenvalue weighted by atomic mass is 10.0. The SMILES string of the molecule is CC/C=C/C/C=C/C/C=C/CCCCCCCCCCCCCCCC(=O)OC(COCCC(C(=O)O)[N+](C)(C)C)COC(=O)CCCCCCCCCCCC/C=C/C=C/CCCCC. The molecule has 0 spiro atoms. The number of hydrogen-bond donors (Lipinski definition) is 1. The number of unbranched alkanes of at least 4 members (excludes halogenated alkanes) is 26. The highest BCUT2D eigenvalue weighted by atomic mass is 16.6. The number of nitrogens with zero attached hydrogens (tertiary/aromatic N) is 1. The second-order valence-electron chi connectivity index (χ2n) is 19.5. The van der Waals surface area contributed by atoms with E-state index in [0.717, 1.165) is 57.8 Å². The molecule has 0 fully saturated rings. The van der Waals surface area contributed by atoms with Gasteiger partial charge in [0.25, 0.3) is 0 Å². The maximum Gasteiger partial charge on any atom is 0.362 e. The number of esters is 2. The van der Waals surface area contributed by atoms with E-state index in [1.54, 1.807) is 0 Å². The van der Waals surface area contributed by atoms with Crippen molar-refractivity contribution in [1.29, 1.82) is 0 Å². The van der Waals surface area contributed by atoms with Crippen LogP contribution >= 0.6 is 0 Å². The van der Waals surface area contributed by atoms with E-state index in [-0.39, 0.29) is 36.2 Å². The lowest BCUT2D eigenvalue weighted by molar-refractivity contribution is -0.887. The molecule has 1 N–H and O–H groups in total. The molecule has 0 aromatic heterocycles. The highest BCUT2D eigenvalue weighted by Gasteiger charge is 2.31. The van der Waals surface area contributed by atoms with Crippen molar-refractivity contribution in [2.75, 3.05) is 41.0 Å². The Morgan fingerprint density at radius 2 is 0.894 bits per heavy atom. The highest BCUT2D eigenvalue weighted by molar-refractivity contribution is 5.72. The Kier molecular flexibility index (Phi) is 46.3. The number of allylic oxidation sites excluding steroid dienone is 10. The van der Waals surface area contributed by atoms with Gasteiger partial charge in [0.1, 0.15) is 6.61 Å². The quantitative estimate of drug-likeness (QED) is 0.0213. The Hall–Kier alpha value is -2.97. The number of rotatable bonds is 49. The Morgan fingerprint density at radius 3 is 1.35 bits per heavy atom. The van der Waals surface area contributed by atoms with E-state index in [4.69, 9.17) is 14.2 Å². The van der Waals surface area contributed by atoms with Crippen LogP contribution in [0.2, 0.25) is 0 Å². The van der Waals surface area contributed by atoms with Crippen LogP contribution in [0.5, 0.6) is 0 Å². The van der Waals surface area contributed by atoms with Gasteiger partial charge in [-0.25, -0.2) is 4.79 Å². The van der Waals surface area contributed by atoms with Gasteiger partial charge in [-0.15, -0.1) is 0 Å². The monoisotopic (exact) mass is 927 g/mol. The van der Waals surface area contributed by atoms with Gasteiger partial charge >= 0.3 is 17.9 Å². The van der Waals surface area contributed by atoms with Crippen molar-refractivity contribution < 1.29 is 38.2 Å². The van der Waals surface area contributed by atoms with Gasteiger partial charge in [0, 0.05) is 19.3 Å². The molecule has 0 aliphatic carbocycles. The van der Waals surface area contributed by atoms with Gasteiger partial charge in [0.2, 0.25) is 0 Å². The number of carboxylic acid groups (broad SMARTS) is 1. The number of ether oxygens (including phenoxy) is 3. The van der Waals surface area contributed by atoms with Crippen LogP contribution in [-0.4, -0.2) is 80.6 Å². The van der Waals surface area contributed by atoms with E-state index in [0.29, 0.717) is 19.3 Å². The number of carbonyl (C=O) groups is 3. The Bertz CT molecular complexity index is 1260. The molecule has 0 aliphatic heterocycles. The third kappa shape index (κ3) is 46.2. The lowest BCUT2D eigenvalue weighted by Crippen LogP contribution is -2.50. The largest absolute Gasteiger partial charge is 0.477 e. The minimum atomic E-state index is -0.875. The molecule has 382 valence electrons. The van der Waals surface area contributed by atoms with Gasteiger partial charge in [0.05, 0.1) is 34.4 Å². The zero-order valence-corrected chi connectivity index (χ0v) is 43.6. The molecule has 0 saturated carbocycles. The van der Waals surface area contributed by atoms with Gasteiger partial charge in [-0.05, 0) is 70.6 Å². The van der Waals surface area contributed by atoms with Crippen molar-refractivity contribution >= 4 is 17.9 Å². The molecule has 0 amide bonds. The summed E-state index contributed by atoms with van der Waals surface area (Å²) < 4.78 is 17.4. The summed E-state index contributed by atoms with van der Waals surface area (Å²) in [6.07, 6.45) is 61.3. The zero-order valence-electron chi connectivity index (χ0n) is 43.6. The molecule has 0 saturated heterocycles. The summed E-state index contributed by atoms with van der Waals surface area (Å²) in [7, 11) is 5.54. The Morgan fingerprint density at radius 1 is 0.485 bits per heavy atom. The summed E-state index contributed by atoms with van der Waals surface area (Å²) in [4.78, 5) is 37.2. The highest BCUT2D eigenvalue weighted by Crippen LogP contribution is 2.16. The number of hydrogen-bond acceptors (Lipinski definition) is 6. The van der Waals surface area contributed by atoms with Gasteiger partial charge < -0.3 is 23.8 Å². The fourth-order valence-electron chi connectivity index (χ4n) is 7.98. The first-order valence-corrected chi connectivity index (χ1v) is 27.3. The third-order valence-corrected chi connectivity index (χ3v) is 12.2. The Balaban J connectivity index is 4.19. The van der Waals surface area contributed by atoms with Crippen molar-refractivity contribution in [3.63, 3.8) is 0 Å². The first-order valence-electron chi connectivity index (χ1n) is 27.3. The van der Waals surface area contributed by atoms with Crippen LogP contribution in [0.1, 0.15) is 239 Å². The molecular weight excluding hydrogens is 823 g/mol. The molecule has 0 rings (SSSR count). The summed E-state index contributed by atoms with van der Waals surface area (Å²) in [6.45, 7) is 4.62. The van der Waals surface area contributed by atoms with Crippen LogP contribution in [0.25, 0.3) is 0 Å². The number of carboxylic acids is 1. The number of aliphatic carboxylic acids is 1. The van der Waals surface area contributed by atoms with Crippen molar-refractivity contribution in [3.8, 4) is 0 Å². The molecule has 2 atom stereocenters. The van der Waals surface area contributed by atoms with Crippen LogP contribution in [0, 0.1) is 0 Å². The predicted molar refractivity (Wildman–Crippen MR) is 280 cm³/mol. The van der Waals surface area contributed by atoms with Crippen LogP contribution in [0.4, 0.5) is 0 Å². The first-order chi connectivity index (χ1) is 32.1. The Labute approximate surface area is 407 Å². The maximum atomic E-state index is 12.8. The number of carbonyl (C=O) groups excluding carboxylic acids is 2. The summed E-state index contributed by atoms with van der Waals surface area (Å²) >= 11 is 0. The van der Waals surface area contributed by atoms with Crippen molar-refractivity contribution in [3.05, 3.63) is 60.8 Å². The smallest absolute Gasteiger partial charge is 0.362 e. The molecule has 0 bridgehead atoms. The fraction of sp³-hybridized carbons (Fsp3) is 0.776. The van der Waals surface area contributed by atoms with E-state index >= 15 is 0 Å². The molecule has 2 unspecified atom stereocenters. The first kappa shape index (κ1) is 63.0. The molecule has 0 heterocycles. The maximum absolute atomic E-state index is 12.8. The lowest BCUT2D eigenvalue weighted by Gasteiger charge is -2.31. The zero-order chi connectivity index (χ0) is 48.4. The van der Waals surface area contributed by atoms with Crippen LogP contribution in [0.15, 0.2) is 60.8 Å². The van der Waals surface area contributed by atoms with Gasteiger partial charge in [-0.3, -0.25) is 9.59 Å². The van der Waals surface area contributed by atoms with Crippen LogP contribution in [0.3, 0.4) is 0 Å². The molecule has 0 aromatic rings. The third-order valence-electron chi connectivity index (χ3n) is 12.2.